The summed E-state index contributed by atoms with van der Waals surface area (Å²) in [5, 5.41) is 2.13. The first-order valence-electron chi connectivity index (χ1n) is 30.5. The molecule has 410 valence electrons. The van der Waals surface area contributed by atoms with E-state index >= 15 is 0 Å². The van der Waals surface area contributed by atoms with Crippen molar-refractivity contribution in [1.82, 2.24) is 14.1 Å². The zero-order chi connectivity index (χ0) is 60.7. The maximum Gasteiger partial charge on any atom is 0.268 e. The minimum absolute atomic E-state index is 0. The van der Waals surface area contributed by atoms with Crippen molar-refractivity contribution in [3.05, 3.63) is 235 Å². The molecule has 4 heterocycles. The van der Waals surface area contributed by atoms with Gasteiger partial charge in [-0.05, 0) is 129 Å². The third kappa shape index (κ3) is 9.51. The number of ether oxygens (including phenoxy) is 1. The second-order valence-corrected chi connectivity index (χ2v) is 25.8. The van der Waals surface area contributed by atoms with Gasteiger partial charge in [0.05, 0.1) is 23.6 Å². The molecule has 0 aliphatic carbocycles. The van der Waals surface area contributed by atoms with Crippen LogP contribution in [0.15, 0.2) is 194 Å². The van der Waals surface area contributed by atoms with Crippen LogP contribution in [0.25, 0.3) is 106 Å². The topological polar surface area (TPSA) is 35.9 Å². The molecule has 5 nitrogen and oxygen atoms in total. The Bertz CT molecular complexity index is 4730. The van der Waals surface area contributed by atoms with Crippen LogP contribution in [0.4, 0.5) is 0 Å². The summed E-state index contributed by atoms with van der Waals surface area (Å²) >= 11 is 0. The van der Waals surface area contributed by atoms with Crippen LogP contribution >= 0.6 is 0 Å². The predicted molar refractivity (Wildman–Crippen MR) is 336 cm³/mol. The zero-order valence-corrected chi connectivity index (χ0v) is 50.9. The van der Waals surface area contributed by atoms with Crippen LogP contribution in [0.3, 0.4) is 0 Å². The quantitative estimate of drug-likeness (QED) is 0.123. The van der Waals surface area contributed by atoms with Crippen molar-refractivity contribution >= 4 is 32.8 Å². The second-order valence-electron chi connectivity index (χ2n) is 25.8. The molecule has 0 unspecified atom stereocenters. The summed E-state index contributed by atoms with van der Waals surface area (Å²) in [6.07, 6.45) is 5.85. The van der Waals surface area contributed by atoms with Gasteiger partial charge in [0.15, 0.2) is 0 Å². The molecule has 3 aromatic heterocycles. The van der Waals surface area contributed by atoms with E-state index in [0.29, 0.717) is 22.7 Å². The van der Waals surface area contributed by atoms with Gasteiger partial charge in [-0.25, -0.2) is 4.98 Å². The molecule has 1 aliphatic heterocycles. The molecule has 0 atom stereocenters. The van der Waals surface area contributed by atoms with Gasteiger partial charge >= 0.3 is 0 Å². The number of hydrogen-bond donors (Lipinski definition) is 0. The summed E-state index contributed by atoms with van der Waals surface area (Å²) in [5.41, 5.74) is 16.8. The third-order valence-electron chi connectivity index (χ3n) is 16.1. The number of benzene rings is 9. The van der Waals surface area contributed by atoms with E-state index < -0.39 is 18.1 Å². The molecule has 13 rings (SSSR count). The fraction of sp³-hybridized carbons (Fsp3) is 0.211. The summed E-state index contributed by atoms with van der Waals surface area (Å²) < 4.78 is 59.1. The summed E-state index contributed by atoms with van der Waals surface area (Å²) in [6.45, 7) is 26.9. The van der Waals surface area contributed by atoms with Gasteiger partial charge in [0.1, 0.15) is 5.82 Å². The van der Waals surface area contributed by atoms with Crippen LogP contribution < -0.4 is 9.30 Å². The molecule has 82 heavy (non-hydrogen) atoms. The number of fused-ring (bicyclic) bond motifs is 10. The minimum Gasteiger partial charge on any atom is -0.510 e. The van der Waals surface area contributed by atoms with E-state index in [0.717, 1.165) is 94.4 Å². The Kier molecular flexibility index (Phi) is 11.9. The van der Waals surface area contributed by atoms with Crippen molar-refractivity contribution in [2.75, 3.05) is 0 Å². The average Bonchev–Trinajstić information content (AvgIpc) is 1.67. The smallest absolute Gasteiger partial charge is 0.268 e. The molecule has 9 aromatic carbocycles. The molecule has 12 aromatic rings. The van der Waals surface area contributed by atoms with Gasteiger partial charge in [0, 0.05) is 44.3 Å². The van der Waals surface area contributed by atoms with Gasteiger partial charge in [-0.1, -0.05) is 228 Å². The van der Waals surface area contributed by atoms with Gasteiger partial charge < -0.3 is 13.9 Å². The minimum atomic E-state index is -0.440. The number of imidazole rings is 1. The molecule has 0 radical (unpaired) electrons. The summed E-state index contributed by atoms with van der Waals surface area (Å²) in [7, 11) is 0. The fourth-order valence-electron chi connectivity index (χ4n) is 11.6. The van der Waals surface area contributed by atoms with Gasteiger partial charge in [-0.15, -0.1) is 29.7 Å². The molecule has 0 saturated carbocycles. The van der Waals surface area contributed by atoms with Crippen LogP contribution in [0.5, 0.6) is 11.5 Å². The van der Waals surface area contributed by atoms with Crippen molar-refractivity contribution in [2.45, 2.75) is 105 Å². The standard InChI is InChI=1S/C76H68N4O.Pt/c1-73(2,3)50-37-38-77-69(44-50)80-66-33-19-18-29-60(66)61-36-35-56(46-68(61)80)81-55-26-20-25-54(45-55)78-47-79-71-64(49-39-51(74(4,5)6)41-52(40-49)75(7,8)9)42-53(76(10,11)12)43-65(71)70-57(48-23-14-13-15-24-48)30-21-31-62(70)58-27-16-17-28-59(58)63-32-22-34-67(78)72(63)79;/h13-44H,1-12H3;/q-2;/i13D,14D,15D,23D,24D;. The van der Waals surface area contributed by atoms with Crippen LogP contribution in [-0.2, 0) is 42.7 Å². The van der Waals surface area contributed by atoms with E-state index in [1.54, 1.807) is 0 Å². The Balaban J connectivity index is 0.00000739. The van der Waals surface area contributed by atoms with Crippen LogP contribution in [0, 0.1) is 18.5 Å². The normalized spacial score (nSPS) is 13.4. The summed E-state index contributed by atoms with van der Waals surface area (Å²) in [4.78, 5) is 4.90. The molecular formula is C76H68N4OPt-2. The fourth-order valence-corrected chi connectivity index (χ4v) is 11.6. The Morgan fingerprint density at radius 2 is 1.06 bits per heavy atom. The van der Waals surface area contributed by atoms with Crippen molar-refractivity contribution in [1.29, 1.82) is 0 Å². The molecule has 0 N–H and O–H groups in total. The number of nitrogens with zero attached hydrogens (tertiary/aromatic N) is 4. The van der Waals surface area contributed by atoms with Crippen LogP contribution in [-0.4, -0.2) is 14.1 Å². The number of pyridine rings is 1. The Labute approximate surface area is 505 Å². The molecule has 0 bridgehead atoms. The number of rotatable bonds is 6. The monoisotopic (exact) mass is 1250 g/mol. The van der Waals surface area contributed by atoms with Crippen molar-refractivity contribution in [2.24, 2.45) is 0 Å². The number of aromatic nitrogens is 4. The molecule has 0 spiro atoms. The number of hydrogen-bond acceptors (Lipinski definition) is 2. The third-order valence-corrected chi connectivity index (χ3v) is 16.1. The van der Waals surface area contributed by atoms with E-state index in [9.17, 15) is 2.74 Å². The van der Waals surface area contributed by atoms with E-state index in [4.69, 9.17) is 13.8 Å². The van der Waals surface area contributed by atoms with Gasteiger partial charge in [-0.3, -0.25) is 4.57 Å². The molecule has 1 aliphatic rings. The van der Waals surface area contributed by atoms with Gasteiger partial charge in [0.2, 0.25) is 0 Å². The van der Waals surface area contributed by atoms with E-state index in [1.165, 1.54) is 16.7 Å². The maximum atomic E-state index is 9.55. The molecule has 0 saturated heterocycles. The summed E-state index contributed by atoms with van der Waals surface area (Å²) in [6, 6.07) is 60.6. The van der Waals surface area contributed by atoms with Gasteiger partial charge in [-0.2, -0.15) is 18.2 Å². The SMILES string of the molecule is [2H]c1c([2H])c([2H])c(-c2cccc3c2-c2cc(C(C)(C)C)cc(-c4cc(C(C)(C)C)cc(C(C)(C)C)c4)c2-[n+]2[c-]n(-c4[c-]c(Oc5[c-]c6c(cc5)c5ccccc5n6-c5cc(C(C)(C)C)ccn5)ccc4)c4cccc(c42)-c2ccccc2-3)c([2H])c1[2H].[Pt]. The summed E-state index contributed by atoms with van der Waals surface area (Å²) in [5.74, 6) is 1.81. The first-order valence-corrected chi connectivity index (χ1v) is 28.0. The Hall–Kier alpha value is -8.11. The zero-order valence-electron chi connectivity index (χ0n) is 53.6. The number of para-hydroxylation sites is 2. The molecule has 0 fully saturated rings. The Morgan fingerprint density at radius 1 is 0.476 bits per heavy atom. The first kappa shape index (κ1) is 48.6. The molecular weight excluding hydrogens is 1180 g/mol. The van der Waals surface area contributed by atoms with Crippen LogP contribution in [0.1, 0.15) is 112 Å². The Morgan fingerprint density at radius 3 is 1.78 bits per heavy atom. The largest absolute Gasteiger partial charge is 0.510 e. The van der Waals surface area contributed by atoms with E-state index in [2.05, 4.69) is 231 Å². The predicted octanol–water partition coefficient (Wildman–Crippen LogP) is 19.4. The second kappa shape index (κ2) is 20.1. The van der Waals surface area contributed by atoms with Crippen LogP contribution in [0.2, 0.25) is 0 Å². The van der Waals surface area contributed by atoms with Crippen molar-refractivity contribution in [3.8, 4) is 84.3 Å². The van der Waals surface area contributed by atoms with Gasteiger partial charge in [0.25, 0.3) is 6.33 Å². The molecule has 0 amide bonds. The van der Waals surface area contributed by atoms with Crippen molar-refractivity contribution in [3.63, 3.8) is 0 Å². The first-order chi connectivity index (χ1) is 40.8. The van der Waals surface area contributed by atoms with Crippen molar-refractivity contribution < 1.29 is 37.2 Å². The maximum absolute atomic E-state index is 9.55. The average molecular weight is 1250 g/mol. The van der Waals surface area contributed by atoms with E-state index in [-0.39, 0.29) is 60.4 Å². The molecule has 6 heteroatoms. The van der Waals surface area contributed by atoms with E-state index in [1.807, 2.05) is 48.7 Å².